The first-order chi connectivity index (χ1) is 8.58. The van der Waals surface area contributed by atoms with Crippen LogP contribution in [0.25, 0.3) is 10.1 Å². The fourth-order valence-corrected chi connectivity index (χ4v) is 3.10. The van der Waals surface area contributed by atoms with Gasteiger partial charge < -0.3 is 10.2 Å². The fraction of sp³-hybridized carbons (Fsp3) is 0.308. The molecule has 18 heavy (non-hydrogen) atoms. The summed E-state index contributed by atoms with van der Waals surface area (Å²) in [5, 5.41) is 22.9. The number of carbonyl (C=O) groups excluding carboxylic acids is 1. The molecule has 5 heteroatoms. The predicted octanol–water partition coefficient (Wildman–Crippen LogP) is 2.58. The van der Waals surface area contributed by atoms with E-state index in [4.69, 9.17) is 0 Å². The number of hydrogen-bond acceptors (Lipinski definition) is 5. The Balaban J connectivity index is 2.11. The van der Waals surface area contributed by atoms with E-state index in [9.17, 15) is 15.0 Å². The average Bonchev–Trinajstić information content (AvgIpc) is 2.81. The highest BCUT2D eigenvalue weighted by molar-refractivity contribution is 8.13. The topological polar surface area (TPSA) is 57.5 Å². The monoisotopic (exact) mass is 282 g/mol. The quantitative estimate of drug-likeness (QED) is 0.905. The Hall–Kier alpha value is -0.880. The summed E-state index contributed by atoms with van der Waals surface area (Å²) < 4.78 is 1.08. The lowest BCUT2D eigenvalue weighted by molar-refractivity contribution is -0.109. The first-order valence-electron chi connectivity index (χ1n) is 5.54. The molecule has 0 saturated heterocycles. The van der Waals surface area contributed by atoms with E-state index in [0.717, 1.165) is 21.8 Å². The van der Waals surface area contributed by atoms with Crippen LogP contribution in [0.3, 0.4) is 0 Å². The molecule has 0 aliphatic carbocycles. The summed E-state index contributed by atoms with van der Waals surface area (Å²) in [5.41, 5.74) is 0.682. The molecule has 1 aromatic heterocycles. The molecule has 1 heterocycles. The van der Waals surface area contributed by atoms with Crippen LogP contribution >= 0.6 is 23.1 Å². The van der Waals surface area contributed by atoms with Gasteiger partial charge in [0.25, 0.3) is 0 Å². The molecule has 2 aromatic rings. The van der Waals surface area contributed by atoms with Crippen molar-refractivity contribution in [2.45, 2.75) is 19.1 Å². The van der Waals surface area contributed by atoms with E-state index in [1.807, 2.05) is 23.6 Å². The minimum atomic E-state index is -0.955. The normalized spacial score (nSPS) is 14.6. The van der Waals surface area contributed by atoms with E-state index in [-0.39, 0.29) is 10.9 Å². The van der Waals surface area contributed by atoms with Crippen molar-refractivity contribution in [1.82, 2.24) is 0 Å². The van der Waals surface area contributed by atoms with Crippen molar-refractivity contribution in [3.63, 3.8) is 0 Å². The second kappa shape index (κ2) is 5.84. The van der Waals surface area contributed by atoms with E-state index in [2.05, 4.69) is 0 Å². The molecule has 0 radical (unpaired) electrons. The Labute approximate surface area is 113 Å². The van der Waals surface area contributed by atoms with Crippen molar-refractivity contribution in [1.29, 1.82) is 0 Å². The maximum Gasteiger partial charge on any atom is 0.185 e. The van der Waals surface area contributed by atoms with Crippen molar-refractivity contribution in [2.24, 2.45) is 0 Å². The molecule has 0 aliphatic heterocycles. The van der Waals surface area contributed by atoms with Gasteiger partial charge in [-0.15, -0.1) is 11.3 Å². The van der Waals surface area contributed by atoms with Crippen LogP contribution in [0.2, 0.25) is 0 Å². The molecule has 96 valence electrons. The molecule has 2 N–H and O–H groups in total. The minimum Gasteiger partial charge on any atom is -0.389 e. The Bertz CT molecular complexity index is 550. The van der Waals surface area contributed by atoms with Crippen molar-refractivity contribution >= 4 is 38.3 Å². The van der Waals surface area contributed by atoms with Gasteiger partial charge in [-0.05, 0) is 28.5 Å². The van der Waals surface area contributed by atoms with E-state index in [1.165, 1.54) is 6.92 Å². The molecule has 2 atom stereocenters. The van der Waals surface area contributed by atoms with Crippen molar-refractivity contribution < 1.29 is 15.0 Å². The fourth-order valence-electron chi connectivity index (χ4n) is 1.67. The zero-order valence-corrected chi connectivity index (χ0v) is 11.5. The predicted molar refractivity (Wildman–Crippen MR) is 75.9 cm³/mol. The van der Waals surface area contributed by atoms with Gasteiger partial charge in [-0.3, -0.25) is 4.79 Å². The van der Waals surface area contributed by atoms with Crippen LogP contribution < -0.4 is 0 Å². The van der Waals surface area contributed by atoms with Gasteiger partial charge in [0.05, 0.1) is 6.10 Å². The van der Waals surface area contributed by atoms with Crippen molar-refractivity contribution in [3.05, 3.63) is 35.2 Å². The number of fused-ring (bicyclic) bond motifs is 1. The summed E-state index contributed by atoms with van der Waals surface area (Å²) in [6.07, 6.45) is -1.89. The number of benzene rings is 1. The molecular formula is C13H14O3S2. The highest BCUT2D eigenvalue weighted by Crippen LogP contribution is 2.27. The number of thiophene rings is 1. The number of aliphatic hydroxyl groups excluding tert-OH is 2. The molecule has 0 fully saturated rings. The van der Waals surface area contributed by atoms with Crippen LogP contribution in [0.4, 0.5) is 0 Å². The first kappa shape index (κ1) is 13.5. The van der Waals surface area contributed by atoms with E-state index >= 15 is 0 Å². The maximum absolute atomic E-state index is 10.8. The van der Waals surface area contributed by atoms with Crippen LogP contribution in [-0.2, 0) is 4.79 Å². The molecule has 0 amide bonds. The highest BCUT2D eigenvalue weighted by Gasteiger charge is 2.19. The second-order valence-electron chi connectivity index (χ2n) is 4.03. The number of thioether (sulfide) groups is 1. The second-order valence-corrected chi connectivity index (χ2v) is 6.18. The zero-order valence-electron chi connectivity index (χ0n) is 9.87. The standard InChI is InChI=1S/C13H14O3S2/c1-8(14)18-7-11(15)13(16)10-3-2-9-4-5-17-12(9)6-10/h2-6,11,13,15-16H,7H2,1H3. The third-order valence-electron chi connectivity index (χ3n) is 2.64. The number of rotatable bonds is 4. The number of aliphatic hydroxyl groups is 2. The zero-order chi connectivity index (χ0) is 13.1. The van der Waals surface area contributed by atoms with Gasteiger partial charge in [0.2, 0.25) is 0 Å². The van der Waals surface area contributed by atoms with E-state index in [0.29, 0.717) is 5.56 Å². The van der Waals surface area contributed by atoms with Gasteiger partial charge in [0, 0.05) is 17.4 Å². The Kier molecular flexibility index (Phi) is 4.40. The van der Waals surface area contributed by atoms with Gasteiger partial charge in [-0.25, -0.2) is 0 Å². The number of carbonyl (C=O) groups is 1. The Morgan fingerprint density at radius 3 is 2.89 bits per heavy atom. The lowest BCUT2D eigenvalue weighted by Crippen LogP contribution is -2.21. The van der Waals surface area contributed by atoms with E-state index < -0.39 is 12.2 Å². The largest absolute Gasteiger partial charge is 0.389 e. The van der Waals surface area contributed by atoms with Gasteiger partial charge in [0.1, 0.15) is 6.10 Å². The van der Waals surface area contributed by atoms with Gasteiger partial charge in [-0.2, -0.15) is 0 Å². The lowest BCUT2D eigenvalue weighted by Gasteiger charge is -2.17. The molecule has 2 unspecified atom stereocenters. The van der Waals surface area contributed by atoms with Crippen LogP contribution in [0.5, 0.6) is 0 Å². The number of hydrogen-bond donors (Lipinski definition) is 2. The molecule has 2 rings (SSSR count). The molecule has 1 aromatic carbocycles. The summed E-state index contributed by atoms with van der Waals surface area (Å²) >= 11 is 2.62. The van der Waals surface area contributed by atoms with Crippen LogP contribution in [-0.4, -0.2) is 27.2 Å². The SMILES string of the molecule is CC(=O)SCC(O)C(O)c1ccc2ccsc2c1. The van der Waals surface area contributed by atoms with Crippen LogP contribution in [0, 0.1) is 0 Å². The summed E-state index contributed by atoms with van der Waals surface area (Å²) in [6.45, 7) is 1.45. The summed E-state index contributed by atoms with van der Waals surface area (Å²) in [5.74, 6) is 0.207. The molecule has 0 spiro atoms. The van der Waals surface area contributed by atoms with E-state index in [1.54, 1.807) is 17.4 Å². The van der Waals surface area contributed by atoms with Gasteiger partial charge in [-0.1, -0.05) is 23.9 Å². The molecular weight excluding hydrogens is 268 g/mol. The molecule has 3 nitrogen and oxygen atoms in total. The Morgan fingerprint density at radius 2 is 2.17 bits per heavy atom. The third kappa shape index (κ3) is 3.11. The van der Waals surface area contributed by atoms with Gasteiger partial charge in [0.15, 0.2) is 5.12 Å². The molecule has 0 saturated carbocycles. The maximum atomic E-state index is 10.8. The summed E-state index contributed by atoms with van der Waals surface area (Å²) in [7, 11) is 0. The highest BCUT2D eigenvalue weighted by atomic mass is 32.2. The minimum absolute atomic E-state index is 0.0602. The molecule has 0 bridgehead atoms. The Morgan fingerprint density at radius 1 is 1.39 bits per heavy atom. The van der Waals surface area contributed by atoms with Crippen molar-refractivity contribution in [3.8, 4) is 0 Å². The van der Waals surface area contributed by atoms with Crippen LogP contribution in [0.15, 0.2) is 29.6 Å². The first-order valence-corrected chi connectivity index (χ1v) is 7.41. The third-order valence-corrected chi connectivity index (χ3v) is 4.44. The summed E-state index contributed by atoms with van der Waals surface area (Å²) in [6, 6.07) is 7.63. The smallest absolute Gasteiger partial charge is 0.185 e. The lowest BCUT2D eigenvalue weighted by atomic mass is 10.0. The van der Waals surface area contributed by atoms with Crippen molar-refractivity contribution in [2.75, 3.05) is 5.75 Å². The summed E-state index contributed by atoms with van der Waals surface area (Å²) in [4.78, 5) is 10.8. The van der Waals surface area contributed by atoms with Gasteiger partial charge >= 0.3 is 0 Å². The average molecular weight is 282 g/mol. The van der Waals surface area contributed by atoms with Crippen LogP contribution in [0.1, 0.15) is 18.6 Å². The molecule has 0 aliphatic rings.